The largest absolute Gasteiger partial charge is 0.593 e. The average Bonchev–Trinajstić information content (AvgIpc) is 3.11. The smallest absolute Gasteiger partial charge is 0.173 e. The van der Waals surface area contributed by atoms with Gasteiger partial charge in [-0.1, -0.05) is 23.2 Å². The van der Waals surface area contributed by atoms with E-state index in [1.54, 1.807) is 12.3 Å². The van der Waals surface area contributed by atoms with Crippen LogP contribution in [0.5, 0.6) is 0 Å². The first-order chi connectivity index (χ1) is 13.0. The number of rotatable bonds is 7. The van der Waals surface area contributed by atoms with Crippen LogP contribution in [0.1, 0.15) is 19.3 Å². The van der Waals surface area contributed by atoms with Gasteiger partial charge in [-0.25, -0.2) is 0 Å². The Labute approximate surface area is 172 Å². The molecule has 1 aliphatic carbocycles. The Hall–Kier alpha value is -0.860. The van der Waals surface area contributed by atoms with E-state index in [9.17, 15) is 9.66 Å². The molecule has 146 valence electrons. The highest BCUT2D eigenvalue weighted by Crippen LogP contribution is 2.31. The van der Waals surface area contributed by atoms with Crippen molar-refractivity contribution in [1.29, 1.82) is 0 Å². The molecule has 0 amide bonds. The van der Waals surface area contributed by atoms with Crippen LogP contribution in [0, 0.1) is 5.92 Å². The Bertz CT molecular complexity index is 759. The van der Waals surface area contributed by atoms with Crippen LogP contribution in [-0.4, -0.2) is 40.4 Å². The number of hydrogen-bond acceptors (Lipinski definition) is 5. The van der Waals surface area contributed by atoms with Crippen molar-refractivity contribution in [2.24, 2.45) is 5.92 Å². The highest BCUT2D eigenvalue weighted by molar-refractivity contribution is 7.89. The van der Waals surface area contributed by atoms with E-state index < -0.39 is 11.4 Å². The number of benzene rings is 1. The lowest BCUT2D eigenvalue weighted by atomic mass is 9.99. The van der Waals surface area contributed by atoms with Crippen LogP contribution in [0.15, 0.2) is 41.4 Å². The van der Waals surface area contributed by atoms with Gasteiger partial charge in [-0.3, -0.25) is 4.98 Å². The van der Waals surface area contributed by atoms with Gasteiger partial charge in [0.2, 0.25) is 0 Å². The maximum atomic E-state index is 12.7. The standard InChI is InChI=1S/C19H23Cl2N3O2S/c1-22-18(11-25)13-2-5-15(8-13)24-27(26)16-6-3-12(4-7-16)19-17(21)9-14(20)10-23-19/h3-4,6-7,9-10,13,15,18,22,24-25H,2,5,8,11H2,1H3/t13?,15?,18-,27?/m0/s1. The molecule has 2 aromatic rings. The van der Waals surface area contributed by atoms with E-state index in [4.69, 9.17) is 23.2 Å². The number of hydrogen-bond donors (Lipinski definition) is 3. The zero-order valence-electron chi connectivity index (χ0n) is 15.0. The number of halogens is 2. The Kier molecular flexibility index (Phi) is 7.39. The average molecular weight is 428 g/mol. The molecular formula is C19H23Cl2N3O2S. The van der Waals surface area contributed by atoms with Crippen LogP contribution in [0.3, 0.4) is 0 Å². The lowest BCUT2D eigenvalue weighted by Gasteiger charge is -2.21. The molecule has 0 aliphatic heterocycles. The second kappa shape index (κ2) is 9.56. The van der Waals surface area contributed by atoms with Crippen LogP contribution >= 0.6 is 23.2 Å². The van der Waals surface area contributed by atoms with Crippen molar-refractivity contribution in [3.8, 4) is 11.3 Å². The molecule has 8 heteroatoms. The molecule has 3 rings (SSSR count). The van der Waals surface area contributed by atoms with Gasteiger partial charge in [0.15, 0.2) is 4.90 Å². The normalized spacial score (nSPS) is 22.0. The minimum Gasteiger partial charge on any atom is -0.593 e. The van der Waals surface area contributed by atoms with Gasteiger partial charge in [-0.05, 0) is 62.6 Å². The summed E-state index contributed by atoms with van der Waals surface area (Å²) in [6, 6.07) is 9.30. The third kappa shape index (κ3) is 5.15. The van der Waals surface area contributed by atoms with Crippen LogP contribution in [0.4, 0.5) is 0 Å². The van der Waals surface area contributed by atoms with Crippen molar-refractivity contribution in [2.75, 3.05) is 13.7 Å². The quantitative estimate of drug-likeness (QED) is 0.589. The number of likely N-dealkylation sites (N-methyl/N-ethyl adjacent to an activating group) is 1. The Morgan fingerprint density at radius 1 is 1.30 bits per heavy atom. The molecule has 1 aromatic heterocycles. The van der Waals surface area contributed by atoms with Gasteiger partial charge in [0.05, 0.1) is 39.7 Å². The topological polar surface area (TPSA) is 80.2 Å². The number of aliphatic hydroxyl groups excluding tert-OH is 1. The van der Waals surface area contributed by atoms with Crippen molar-refractivity contribution < 1.29 is 9.66 Å². The van der Waals surface area contributed by atoms with E-state index in [0.717, 1.165) is 24.8 Å². The minimum absolute atomic E-state index is 0.0983. The fourth-order valence-electron chi connectivity index (χ4n) is 3.55. The Morgan fingerprint density at radius 2 is 2.04 bits per heavy atom. The number of aliphatic hydroxyl groups is 1. The molecule has 0 spiro atoms. The van der Waals surface area contributed by atoms with Crippen molar-refractivity contribution in [3.05, 3.63) is 46.6 Å². The van der Waals surface area contributed by atoms with Gasteiger partial charge < -0.3 is 15.0 Å². The number of pyridine rings is 1. The lowest BCUT2D eigenvalue weighted by Crippen LogP contribution is -2.38. The fraction of sp³-hybridized carbons (Fsp3) is 0.421. The summed E-state index contributed by atoms with van der Waals surface area (Å²) in [5.74, 6) is 0.398. The molecule has 1 heterocycles. The van der Waals surface area contributed by atoms with E-state index in [1.807, 2.05) is 31.3 Å². The van der Waals surface area contributed by atoms with Crippen molar-refractivity contribution >= 4 is 34.6 Å². The van der Waals surface area contributed by atoms with Crippen LogP contribution < -0.4 is 10.0 Å². The van der Waals surface area contributed by atoms with Crippen LogP contribution in [0.25, 0.3) is 11.3 Å². The molecule has 3 unspecified atom stereocenters. The van der Waals surface area contributed by atoms with Gasteiger partial charge in [-0.2, -0.15) is 0 Å². The van der Waals surface area contributed by atoms with Crippen molar-refractivity contribution in [1.82, 2.24) is 15.0 Å². The first-order valence-electron chi connectivity index (χ1n) is 8.89. The van der Waals surface area contributed by atoms with E-state index in [1.165, 1.54) is 0 Å². The third-order valence-corrected chi connectivity index (χ3v) is 6.78. The minimum atomic E-state index is -1.29. The highest BCUT2D eigenvalue weighted by Gasteiger charge is 2.32. The Balaban J connectivity index is 1.62. The molecule has 1 aromatic carbocycles. The number of aromatic nitrogens is 1. The molecule has 5 nitrogen and oxygen atoms in total. The molecule has 0 bridgehead atoms. The molecule has 0 radical (unpaired) electrons. The second-order valence-corrected chi connectivity index (χ2v) is 8.83. The maximum absolute atomic E-state index is 12.7. The summed E-state index contributed by atoms with van der Waals surface area (Å²) in [6.45, 7) is 0.125. The summed E-state index contributed by atoms with van der Waals surface area (Å²) in [5, 5.41) is 13.5. The van der Waals surface area contributed by atoms with Gasteiger partial charge in [-0.15, -0.1) is 4.72 Å². The van der Waals surface area contributed by atoms with Crippen LogP contribution in [-0.2, 0) is 11.4 Å². The van der Waals surface area contributed by atoms with E-state index in [2.05, 4.69) is 15.0 Å². The highest BCUT2D eigenvalue weighted by atomic mass is 35.5. The summed E-state index contributed by atoms with van der Waals surface area (Å²) in [4.78, 5) is 4.97. The molecule has 1 aliphatic rings. The molecule has 0 saturated heterocycles. The molecular weight excluding hydrogens is 405 g/mol. The summed E-state index contributed by atoms with van der Waals surface area (Å²) in [5.41, 5.74) is 1.49. The third-order valence-electron chi connectivity index (χ3n) is 5.03. The summed E-state index contributed by atoms with van der Waals surface area (Å²) >= 11 is 10.8. The van der Waals surface area contributed by atoms with Gasteiger partial charge in [0, 0.05) is 17.8 Å². The van der Waals surface area contributed by atoms with Crippen molar-refractivity contribution in [2.45, 2.75) is 36.2 Å². The Morgan fingerprint density at radius 3 is 2.67 bits per heavy atom. The lowest BCUT2D eigenvalue weighted by molar-refractivity contribution is 0.205. The first-order valence-corrected chi connectivity index (χ1v) is 10.8. The molecule has 1 saturated carbocycles. The monoisotopic (exact) mass is 427 g/mol. The van der Waals surface area contributed by atoms with E-state index in [-0.39, 0.29) is 18.7 Å². The summed E-state index contributed by atoms with van der Waals surface area (Å²) in [6.07, 6.45) is 4.43. The van der Waals surface area contributed by atoms with Crippen molar-refractivity contribution in [3.63, 3.8) is 0 Å². The molecule has 1 fully saturated rings. The number of nitrogens with one attached hydrogen (secondary N) is 2. The SMILES string of the molecule is CN[C@@H](CO)C1CCC(N[S+]([O-])c2ccc(-c3ncc(Cl)cc3Cl)cc2)C1. The van der Waals surface area contributed by atoms with Gasteiger partial charge >= 0.3 is 0 Å². The predicted molar refractivity (Wildman–Crippen MR) is 110 cm³/mol. The molecule has 27 heavy (non-hydrogen) atoms. The summed E-state index contributed by atoms with van der Waals surface area (Å²) in [7, 11) is 1.86. The fourth-order valence-corrected chi connectivity index (χ4v) is 5.07. The molecule has 4 atom stereocenters. The number of nitrogens with zero attached hydrogens (tertiary/aromatic N) is 1. The first kappa shape index (κ1) is 20.9. The van der Waals surface area contributed by atoms with Gasteiger partial charge in [0.25, 0.3) is 0 Å². The predicted octanol–water partition coefficient (Wildman–Crippen LogP) is 3.42. The second-order valence-electron chi connectivity index (χ2n) is 6.74. The summed E-state index contributed by atoms with van der Waals surface area (Å²) < 4.78 is 15.9. The zero-order chi connectivity index (χ0) is 19.4. The maximum Gasteiger partial charge on any atom is 0.173 e. The van der Waals surface area contributed by atoms with Crippen LogP contribution in [0.2, 0.25) is 10.0 Å². The van der Waals surface area contributed by atoms with E-state index in [0.29, 0.717) is 26.6 Å². The molecule has 3 N–H and O–H groups in total. The van der Waals surface area contributed by atoms with E-state index >= 15 is 0 Å². The van der Waals surface area contributed by atoms with Gasteiger partial charge in [0.1, 0.15) is 0 Å². The zero-order valence-corrected chi connectivity index (χ0v) is 17.3.